The monoisotopic (exact) mass is 1530 g/mol. The van der Waals surface area contributed by atoms with Crippen molar-refractivity contribution in [3.63, 3.8) is 0 Å². The van der Waals surface area contributed by atoms with E-state index < -0.39 is 60.4 Å². The Balaban J connectivity index is 0.000000132. The van der Waals surface area contributed by atoms with Gasteiger partial charge in [0.1, 0.15) is 0 Å². The van der Waals surface area contributed by atoms with Gasteiger partial charge in [-0.2, -0.15) is 19.9 Å². The molecule has 24 aromatic rings. The molecule has 0 bridgehead atoms. The van der Waals surface area contributed by atoms with Crippen molar-refractivity contribution in [3.8, 4) is 74.2 Å². The third-order valence-corrected chi connectivity index (χ3v) is 21.8. The Morgan fingerprint density at radius 3 is 1.05 bits per heavy atom. The topological polar surface area (TPSA) is 118 Å². The van der Waals surface area contributed by atoms with E-state index in [0.717, 1.165) is 104 Å². The first-order valence-electron chi connectivity index (χ1n) is 42.6. The van der Waals surface area contributed by atoms with Crippen LogP contribution in [0.4, 0.5) is 0 Å². The van der Waals surface area contributed by atoms with E-state index in [1.807, 2.05) is 162 Å². The molecule has 0 saturated heterocycles. The van der Waals surface area contributed by atoms with Gasteiger partial charge >= 0.3 is 0 Å². The molecule has 0 aliphatic carbocycles. The molecule has 0 aliphatic heterocycles. The lowest BCUT2D eigenvalue weighted by Crippen LogP contribution is -2.07. The van der Waals surface area contributed by atoms with E-state index in [0.29, 0.717) is 17.0 Å². The number of aromatic nitrogens is 12. The first-order chi connectivity index (χ1) is 61.2. The summed E-state index contributed by atoms with van der Waals surface area (Å²) >= 11 is 6.32. The van der Waals surface area contributed by atoms with Crippen LogP contribution >= 0.6 is 11.6 Å². The molecule has 117 heavy (non-hydrogen) atoms. The van der Waals surface area contributed by atoms with Gasteiger partial charge in [-0.25, -0.2) is 9.97 Å². The van der Waals surface area contributed by atoms with Gasteiger partial charge in [0.25, 0.3) is 0 Å². The molecule has 16 aromatic carbocycles. The molecule has 14 heteroatoms. The molecule has 551 valence electrons. The minimum atomic E-state index is -0.490. The molecular formula is C103H69BClN12. The highest BCUT2D eigenvalue weighted by Crippen LogP contribution is 2.45. The number of halogens is 1. The zero-order chi connectivity index (χ0) is 84.7. The lowest BCUT2D eigenvalue weighted by molar-refractivity contribution is 0.954. The lowest BCUT2D eigenvalue weighted by atomic mass is 10.1. The fourth-order valence-corrected chi connectivity index (χ4v) is 17.1. The van der Waals surface area contributed by atoms with Crippen LogP contribution in [0.2, 0.25) is 5.28 Å². The quantitative estimate of drug-likeness (QED) is 0.144. The van der Waals surface area contributed by atoms with Crippen LogP contribution in [0.15, 0.2) is 388 Å². The maximum absolute atomic E-state index is 9.10. The average molecular weight is 1530 g/mol. The van der Waals surface area contributed by atoms with Gasteiger partial charge < -0.3 is 23.3 Å². The largest absolute Gasteiger partial charge is 0.353 e. The summed E-state index contributed by atoms with van der Waals surface area (Å²) < 4.78 is 95.6. The molecule has 8 aromatic heterocycles. The van der Waals surface area contributed by atoms with E-state index in [1.54, 1.807) is 0 Å². The summed E-state index contributed by atoms with van der Waals surface area (Å²) in [6, 6.07) is 107. The molecular weight excluding hydrogens is 1450 g/mol. The van der Waals surface area contributed by atoms with Crippen molar-refractivity contribution < 1.29 is 13.7 Å². The predicted octanol–water partition coefficient (Wildman–Crippen LogP) is 26.1. The maximum Gasteiger partial charge on any atom is 0.238 e. The lowest BCUT2D eigenvalue weighted by Gasteiger charge is -2.13. The Hall–Kier alpha value is -15.3. The molecule has 0 aliphatic rings. The number of nitrogens with one attached hydrogen (secondary N) is 1. The first kappa shape index (κ1) is 60.4. The number of para-hydroxylation sites is 10. The average Bonchev–Trinajstić information content (AvgIpc) is 1.54. The van der Waals surface area contributed by atoms with Crippen LogP contribution in [0.1, 0.15) is 21.1 Å². The number of benzene rings is 16. The van der Waals surface area contributed by atoms with E-state index in [9.17, 15) is 0 Å². The van der Waals surface area contributed by atoms with Gasteiger partial charge in [-0.1, -0.05) is 298 Å². The Morgan fingerprint density at radius 1 is 0.256 bits per heavy atom. The number of hydrogen-bond acceptors (Lipinski definition) is 6. The normalized spacial score (nSPS) is 12.7. The fourth-order valence-electron chi connectivity index (χ4n) is 16.9. The van der Waals surface area contributed by atoms with Gasteiger partial charge in [-0.15, -0.1) is 0 Å². The van der Waals surface area contributed by atoms with Crippen molar-refractivity contribution >= 4 is 151 Å². The molecule has 8 heterocycles. The third-order valence-electron chi connectivity index (χ3n) is 21.6. The molecule has 0 amide bonds. The highest BCUT2D eigenvalue weighted by molar-refractivity contribution is 6.29. The summed E-state index contributed by atoms with van der Waals surface area (Å²) in [7, 11) is 0. The number of nitrogens with zero attached hydrogens (tertiary/aromatic N) is 11. The fraction of sp³-hybridized carbons (Fsp3) is 0.00971. The van der Waals surface area contributed by atoms with Gasteiger partial charge in [0, 0.05) is 124 Å². The minimum absolute atomic E-state index is 0. The van der Waals surface area contributed by atoms with Gasteiger partial charge in [0.05, 0.1) is 74.4 Å². The Kier molecular flexibility index (Phi) is 15.1. The molecule has 0 fully saturated rings. The van der Waals surface area contributed by atoms with E-state index >= 15 is 0 Å². The van der Waals surface area contributed by atoms with Crippen LogP contribution in [-0.2, 0) is 0 Å². The summed E-state index contributed by atoms with van der Waals surface area (Å²) in [5, 5.41) is 12.8. The van der Waals surface area contributed by atoms with Crippen LogP contribution < -0.4 is 0 Å². The van der Waals surface area contributed by atoms with Crippen LogP contribution in [0, 0.1) is 0 Å². The van der Waals surface area contributed by atoms with Crippen molar-refractivity contribution in [1.82, 2.24) is 57.7 Å². The number of aromatic amines is 1. The van der Waals surface area contributed by atoms with E-state index in [2.05, 4.69) is 208 Å². The number of fused-ring (bicyclic) bond motifs is 20. The highest BCUT2D eigenvalue weighted by Gasteiger charge is 2.27. The van der Waals surface area contributed by atoms with Crippen LogP contribution in [0.25, 0.3) is 205 Å². The van der Waals surface area contributed by atoms with Gasteiger partial charge in [-0.05, 0) is 109 Å². The molecule has 0 atom stereocenters. The van der Waals surface area contributed by atoms with Crippen molar-refractivity contribution in [2.24, 2.45) is 0 Å². The van der Waals surface area contributed by atoms with E-state index in [4.69, 9.17) is 40.3 Å². The molecule has 24 rings (SSSR count). The standard InChI is InChI=1S/C51H32N6.C27H17ClN4.C24H16N2.CH4.B/c1-4-17-33(18-5-1)49-52-50(41-26-16-30-45-46(41)40-25-12-15-29-44(40)55(45)34-19-6-2-7-20-34)54-51(53-49)57-43-28-14-11-24-37(43)39-32-31-38-36-23-10-13-27-42(36)56(47(38)48(39)57)35-21-8-3-9-22-35;28-27-30-25(18-10-3-1-4-11-18)29-26(31-27)21-15-9-17-23-24(21)20-14-7-8-16-22(20)32(23)19-12-5-2-6-13-19;1-2-8-16(9-3-1)26-22-13-7-5-11-18(22)20-15-14-19-17-10-4-6-12-21(17)25-23(19)24(20)26;;/h1-32H;1-17H;1-15,25H;1H4;/i1D,4D,5D,17D,18D;1D,3D,4D,10D,11D;;;. The van der Waals surface area contributed by atoms with Crippen molar-refractivity contribution in [3.05, 3.63) is 393 Å². The number of hydrogen-bond donors (Lipinski definition) is 1. The van der Waals surface area contributed by atoms with Crippen molar-refractivity contribution in [1.29, 1.82) is 0 Å². The van der Waals surface area contributed by atoms with Crippen molar-refractivity contribution in [2.75, 3.05) is 0 Å². The van der Waals surface area contributed by atoms with Gasteiger partial charge in [-0.3, -0.25) is 4.57 Å². The second-order valence-electron chi connectivity index (χ2n) is 28.0. The Bertz CT molecular complexity index is 8540. The van der Waals surface area contributed by atoms with Gasteiger partial charge in [0.2, 0.25) is 11.2 Å². The van der Waals surface area contributed by atoms with Gasteiger partial charge in [0.15, 0.2) is 23.3 Å². The smallest absolute Gasteiger partial charge is 0.238 e. The number of H-pyrrole nitrogens is 1. The van der Waals surface area contributed by atoms with Crippen LogP contribution in [0.5, 0.6) is 0 Å². The minimum Gasteiger partial charge on any atom is -0.353 e. The molecule has 0 unspecified atom stereocenters. The molecule has 0 spiro atoms. The Labute approximate surface area is 693 Å². The maximum atomic E-state index is 9.10. The summed E-state index contributed by atoms with van der Waals surface area (Å²) in [5.41, 5.74) is 17.7. The third kappa shape index (κ3) is 11.8. The molecule has 1 N–H and O–H groups in total. The number of rotatable bonds is 9. The first-order valence-corrected chi connectivity index (χ1v) is 38.0. The summed E-state index contributed by atoms with van der Waals surface area (Å²) in [6.07, 6.45) is 0. The molecule has 3 radical (unpaired) electrons. The zero-order valence-electron chi connectivity index (χ0n) is 71.6. The van der Waals surface area contributed by atoms with Crippen LogP contribution in [0.3, 0.4) is 0 Å². The van der Waals surface area contributed by atoms with Crippen molar-refractivity contribution in [2.45, 2.75) is 7.43 Å². The summed E-state index contributed by atoms with van der Waals surface area (Å²) in [5.74, 6) is 0.649. The molecule has 0 saturated carbocycles. The predicted molar refractivity (Wildman–Crippen MR) is 486 cm³/mol. The SMILES string of the molecule is C.[2H]c1c([2H])c([2H])c(-c2nc(-c3cccc4c3c3ccccc3n4-c3ccccc3)nc(-n3c4ccccc4c4ccc5c6ccccc6n(-c6ccccc6)c5c43)n2)c([2H])c1[2H].[2H]c1c([2H])c([2H])c(-c2nc(Cl)nc(-c3cccc4c3c3ccccc3n4-c3ccccc3)n2)c([2H])c1[2H].[B].c1ccc(-n2c3ccccc3c3ccc4c5ccccc5[nH]c4c32)cc1. The zero-order valence-corrected chi connectivity index (χ0v) is 62.3. The van der Waals surface area contributed by atoms with E-state index in [-0.39, 0.29) is 55.7 Å². The highest BCUT2D eigenvalue weighted by atomic mass is 35.5. The van der Waals surface area contributed by atoms with Crippen LogP contribution in [-0.4, -0.2) is 66.1 Å². The molecule has 12 nitrogen and oxygen atoms in total. The second-order valence-corrected chi connectivity index (χ2v) is 28.3. The van der Waals surface area contributed by atoms with E-state index in [1.165, 1.54) is 49.3 Å². The summed E-state index contributed by atoms with van der Waals surface area (Å²) in [4.78, 5) is 32.3. The summed E-state index contributed by atoms with van der Waals surface area (Å²) in [6.45, 7) is 0. The Morgan fingerprint density at radius 2 is 0.581 bits per heavy atom. The second kappa shape index (κ2) is 29.3.